The fraction of sp³-hybridized carbons (Fsp3) is 0.300. The van der Waals surface area contributed by atoms with Gasteiger partial charge in [0.2, 0.25) is 0 Å². The fourth-order valence-corrected chi connectivity index (χ4v) is 3.06. The lowest BCUT2D eigenvalue weighted by molar-refractivity contribution is 0.294. The number of rotatable bonds is 7. The third kappa shape index (κ3) is 3.10. The van der Waals surface area contributed by atoms with Crippen molar-refractivity contribution in [1.29, 1.82) is 0 Å². The van der Waals surface area contributed by atoms with Crippen molar-refractivity contribution >= 4 is 10.9 Å². The van der Waals surface area contributed by atoms with Crippen LogP contribution < -0.4 is 15.2 Å². The van der Waals surface area contributed by atoms with Crippen LogP contribution in [0, 0.1) is 0 Å². The lowest BCUT2D eigenvalue weighted by Gasteiger charge is -2.18. The Morgan fingerprint density at radius 2 is 1.96 bits per heavy atom. The van der Waals surface area contributed by atoms with Crippen LogP contribution in [0.15, 0.2) is 48.7 Å². The SMILES string of the molecule is CCCOc1ccc(C(CN)c2c[nH]c3ccccc23)cc1OC. The molecule has 0 aliphatic heterocycles. The molecule has 0 saturated carbocycles. The number of hydrogen-bond donors (Lipinski definition) is 2. The Kier molecular flexibility index (Phi) is 5.06. The summed E-state index contributed by atoms with van der Waals surface area (Å²) in [5.41, 5.74) is 9.57. The van der Waals surface area contributed by atoms with Crippen LogP contribution in [-0.2, 0) is 0 Å². The van der Waals surface area contributed by atoms with Gasteiger partial charge < -0.3 is 20.2 Å². The minimum Gasteiger partial charge on any atom is -0.493 e. The van der Waals surface area contributed by atoms with Gasteiger partial charge in [-0.1, -0.05) is 31.2 Å². The normalized spacial score (nSPS) is 12.3. The van der Waals surface area contributed by atoms with Gasteiger partial charge in [-0.3, -0.25) is 0 Å². The number of aromatic nitrogens is 1. The standard InChI is InChI=1S/C20H24N2O2/c1-3-10-24-19-9-8-14(11-20(19)23-2)16(12-21)17-13-22-18-7-5-4-6-15(17)18/h4-9,11,13,16,22H,3,10,12,21H2,1-2H3. The molecule has 1 heterocycles. The summed E-state index contributed by atoms with van der Waals surface area (Å²) in [4.78, 5) is 3.33. The average Bonchev–Trinajstić information content (AvgIpc) is 3.05. The summed E-state index contributed by atoms with van der Waals surface area (Å²) in [6, 6.07) is 14.4. The first-order chi connectivity index (χ1) is 11.8. The molecule has 24 heavy (non-hydrogen) atoms. The van der Waals surface area contributed by atoms with Crippen LogP contribution >= 0.6 is 0 Å². The molecule has 0 aliphatic rings. The van der Waals surface area contributed by atoms with Crippen molar-refractivity contribution in [2.75, 3.05) is 20.3 Å². The van der Waals surface area contributed by atoms with E-state index in [2.05, 4.69) is 42.4 Å². The molecule has 1 unspecified atom stereocenters. The van der Waals surface area contributed by atoms with Crippen LogP contribution in [-0.4, -0.2) is 25.2 Å². The highest BCUT2D eigenvalue weighted by molar-refractivity contribution is 5.84. The fourth-order valence-electron chi connectivity index (χ4n) is 3.06. The van der Waals surface area contributed by atoms with E-state index in [1.807, 2.05) is 18.2 Å². The zero-order chi connectivity index (χ0) is 16.9. The van der Waals surface area contributed by atoms with Gasteiger partial charge in [0.05, 0.1) is 13.7 Å². The second-order valence-corrected chi connectivity index (χ2v) is 5.84. The van der Waals surface area contributed by atoms with Crippen molar-refractivity contribution in [2.24, 2.45) is 5.73 Å². The number of ether oxygens (including phenoxy) is 2. The maximum Gasteiger partial charge on any atom is 0.161 e. The van der Waals surface area contributed by atoms with E-state index >= 15 is 0 Å². The first kappa shape index (κ1) is 16.4. The van der Waals surface area contributed by atoms with Gasteiger partial charge in [-0.15, -0.1) is 0 Å². The molecule has 0 spiro atoms. The van der Waals surface area contributed by atoms with E-state index in [4.69, 9.17) is 15.2 Å². The van der Waals surface area contributed by atoms with Crippen molar-refractivity contribution in [3.8, 4) is 11.5 Å². The molecule has 0 bridgehead atoms. The number of nitrogens with one attached hydrogen (secondary N) is 1. The highest BCUT2D eigenvalue weighted by Gasteiger charge is 2.18. The molecule has 0 radical (unpaired) electrons. The smallest absolute Gasteiger partial charge is 0.161 e. The van der Waals surface area contributed by atoms with Gasteiger partial charge in [-0.25, -0.2) is 0 Å². The second kappa shape index (κ2) is 7.41. The molecule has 0 fully saturated rings. The molecule has 1 aromatic heterocycles. The van der Waals surface area contributed by atoms with Gasteiger partial charge in [0.1, 0.15) is 0 Å². The van der Waals surface area contributed by atoms with Gasteiger partial charge in [-0.05, 0) is 35.7 Å². The molecule has 126 valence electrons. The number of fused-ring (bicyclic) bond motifs is 1. The minimum atomic E-state index is 0.107. The van der Waals surface area contributed by atoms with Gasteiger partial charge >= 0.3 is 0 Å². The topological polar surface area (TPSA) is 60.3 Å². The second-order valence-electron chi connectivity index (χ2n) is 5.84. The van der Waals surface area contributed by atoms with E-state index in [1.165, 1.54) is 10.9 Å². The van der Waals surface area contributed by atoms with Crippen molar-refractivity contribution < 1.29 is 9.47 Å². The van der Waals surface area contributed by atoms with Crippen LogP contribution in [0.1, 0.15) is 30.4 Å². The lowest BCUT2D eigenvalue weighted by atomic mass is 9.91. The van der Waals surface area contributed by atoms with Crippen molar-refractivity contribution in [2.45, 2.75) is 19.3 Å². The first-order valence-corrected chi connectivity index (χ1v) is 8.35. The Hall–Kier alpha value is -2.46. The Bertz CT molecular complexity index is 810. The van der Waals surface area contributed by atoms with Gasteiger partial charge in [-0.2, -0.15) is 0 Å². The van der Waals surface area contributed by atoms with Gasteiger partial charge in [0.25, 0.3) is 0 Å². The maximum absolute atomic E-state index is 6.11. The summed E-state index contributed by atoms with van der Waals surface area (Å²) in [5, 5.41) is 1.21. The summed E-state index contributed by atoms with van der Waals surface area (Å²) in [6.45, 7) is 3.29. The minimum absolute atomic E-state index is 0.107. The number of aromatic amines is 1. The Labute approximate surface area is 142 Å². The number of para-hydroxylation sites is 1. The van der Waals surface area contributed by atoms with E-state index in [-0.39, 0.29) is 5.92 Å². The van der Waals surface area contributed by atoms with Crippen LogP contribution in [0.2, 0.25) is 0 Å². The summed E-state index contributed by atoms with van der Waals surface area (Å²) in [7, 11) is 1.67. The zero-order valence-electron chi connectivity index (χ0n) is 14.2. The van der Waals surface area contributed by atoms with E-state index < -0.39 is 0 Å². The van der Waals surface area contributed by atoms with Crippen molar-refractivity contribution in [3.05, 3.63) is 59.8 Å². The molecule has 0 saturated heterocycles. The molecule has 0 aliphatic carbocycles. The van der Waals surface area contributed by atoms with E-state index in [1.54, 1.807) is 7.11 Å². The number of methoxy groups -OCH3 is 1. The number of hydrogen-bond acceptors (Lipinski definition) is 3. The molecule has 3 rings (SSSR count). The summed E-state index contributed by atoms with van der Waals surface area (Å²) in [5.74, 6) is 1.63. The van der Waals surface area contributed by atoms with Crippen LogP contribution in [0.3, 0.4) is 0 Å². The Morgan fingerprint density at radius 3 is 2.71 bits per heavy atom. The average molecular weight is 324 g/mol. The quantitative estimate of drug-likeness (QED) is 0.689. The van der Waals surface area contributed by atoms with E-state index in [0.717, 1.165) is 29.0 Å². The monoisotopic (exact) mass is 324 g/mol. The number of nitrogens with two attached hydrogens (primary N) is 1. The van der Waals surface area contributed by atoms with E-state index in [9.17, 15) is 0 Å². The molecular weight excluding hydrogens is 300 g/mol. The number of H-pyrrole nitrogens is 1. The van der Waals surface area contributed by atoms with Gasteiger partial charge in [0.15, 0.2) is 11.5 Å². The molecule has 4 nitrogen and oxygen atoms in total. The van der Waals surface area contributed by atoms with E-state index in [0.29, 0.717) is 13.2 Å². The molecule has 2 aromatic carbocycles. The summed E-state index contributed by atoms with van der Waals surface area (Å²) >= 11 is 0. The largest absolute Gasteiger partial charge is 0.493 e. The highest BCUT2D eigenvalue weighted by Crippen LogP contribution is 2.35. The first-order valence-electron chi connectivity index (χ1n) is 8.35. The molecular formula is C20H24N2O2. The summed E-state index contributed by atoms with van der Waals surface area (Å²) in [6.07, 6.45) is 3.02. The van der Waals surface area contributed by atoms with Crippen molar-refractivity contribution in [3.63, 3.8) is 0 Å². The predicted octanol–water partition coefficient (Wildman–Crippen LogP) is 4.06. The van der Waals surface area contributed by atoms with Crippen LogP contribution in [0.5, 0.6) is 11.5 Å². The van der Waals surface area contributed by atoms with Crippen molar-refractivity contribution in [1.82, 2.24) is 4.98 Å². The lowest BCUT2D eigenvalue weighted by Crippen LogP contribution is -2.13. The Morgan fingerprint density at radius 1 is 1.12 bits per heavy atom. The number of benzene rings is 2. The third-order valence-electron chi connectivity index (χ3n) is 4.28. The molecule has 1 atom stereocenters. The predicted molar refractivity (Wildman–Crippen MR) is 98.0 cm³/mol. The zero-order valence-corrected chi connectivity index (χ0v) is 14.2. The van der Waals surface area contributed by atoms with Crippen LogP contribution in [0.25, 0.3) is 10.9 Å². The highest BCUT2D eigenvalue weighted by atomic mass is 16.5. The third-order valence-corrected chi connectivity index (χ3v) is 4.28. The molecule has 4 heteroatoms. The van der Waals surface area contributed by atoms with Gasteiger partial charge in [0, 0.05) is 29.6 Å². The molecule has 3 N–H and O–H groups in total. The van der Waals surface area contributed by atoms with Crippen LogP contribution in [0.4, 0.5) is 0 Å². The summed E-state index contributed by atoms with van der Waals surface area (Å²) < 4.78 is 11.3. The molecule has 0 amide bonds. The maximum atomic E-state index is 6.11. The molecule has 3 aromatic rings. The Balaban J connectivity index is 1.99.